The van der Waals surface area contributed by atoms with Crippen LogP contribution in [-0.2, 0) is 0 Å². The SMILES string of the molecule is Cc1ccc2c(c1)-c1cccc(-c3ccccc3)c1C2C. The molecule has 102 valence electrons. The lowest BCUT2D eigenvalue weighted by Gasteiger charge is -2.13. The van der Waals surface area contributed by atoms with Gasteiger partial charge in [0.25, 0.3) is 0 Å². The molecule has 0 nitrogen and oxygen atoms in total. The third kappa shape index (κ3) is 1.83. The first-order chi connectivity index (χ1) is 10.3. The Morgan fingerprint density at radius 1 is 0.714 bits per heavy atom. The van der Waals surface area contributed by atoms with E-state index in [2.05, 4.69) is 80.6 Å². The van der Waals surface area contributed by atoms with E-state index in [4.69, 9.17) is 0 Å². The molecular formula is C21H18. The predicted molar refractivity (Wildman–Crippen MR) is 89.6 cm³/mol. The van der Waals surface area contributed by atoms with Crippen molar-refractivity contribution in [2.45, 2.75) is 19.8 Å². The van der Waals surface area contributed by atoms with Crippen LogP contribution in [0.1, 0.15) is 29.5 Å². The molecule has 3 aromatic rings. The Bertz CT molecular complexity index is 813. The van der Waals surface area contributed by atoms with Gasteiger partial charge < -0.3 is 0 Å². The third-order valence-corrected chi connectivity index (χ3v) is 4.59. The van der Waals surface area contributed by atoms with Gasteiger partial charge in [0.05, 0.1) is 0 Å². The lowest BCUT2D eigenvalue weighted by atomic mass is 9.91. The van der Waals surface area contributed by atoms with Crippen LogP contribution in [0.25, 0.3) is 22.3 Å². The first-order valence-electron chi connectivity index (χ1n) is 7.55. The van der Waals surface area contributed by atoms with Gasteiger partial charge in [0.2, 0.25) is 0 Å². The highest BCUT2D eigenvalue weighted by atomic mass is 14.3. The number of benzene rings is 3. The average Bonchev–Trinajstić information content (AvgIpc) is 2.81. The summed E-state index contributed by atoms with van der Waals surface area (Å²) in [7, 11) is 0. The number of rotatable bonds is 1. The highest BCUT2D eigenvalue weighted by molar-refractivity contribution is 5.86. The van der Waals surface area contributed by atoms with E-state index in [0.29, 0.717) is 5.92 Å². The van der Waals surface area contributed by atoms with Gasteiger partial charge in [-0.05, 0) is 40.3 Å². The molecule has 0 bridgehead atoms. The van der Waals surface area contributed by atoms with Crippen LogP contribution in [0.3, 0.4) is 0 Å². The van der Waals surface area contributed by atoms with Gasteiger partial charge in [0.15, 0.2) is 0 Å². The second-order valence-electron chi connectivity index (χ2n) is 5.95. The third-order valence-electron chi connectivity index (χ3n) is 4.59. The van der Waals surface area contributed by atoms with Crippen molar-refractivity contribution in [2.75, 3.05) is 0 Å². The largest absolute Gasteiger partial charge is 0.0622 e. The fraction of sp³-hybridized carbons (Fsp3) is 0.143. The van der Waals surface area contributed by atoms with Crippen LogP contribution in [0.5, 0.6) is 0 Å². The molecule has 1 atom stereocenters. The van der Waals surface area contributed by atoms with Gasteiger partial charge >= 0.3 is 0 Å². The molecule has 0 saturated carbocycles. The van der Waals surface area contributed by atoms with E-state index in [9.17, 15) is 0 Å². The van der Waals surface area contributed by atoms with Crippen LogP contribution < -0.4 is 0 Å². The number of aryl methyl sites for hydroxylation is 1. The summed E-state index contributed by atoms with van der Waals surface area (Å²) in [5.41, 5.74) is 9.76. The molecule has 0 heterocycles. The van der Waals surface area contributed by atoms with Gasteiger partial charge in [-0.15, -0.1) is 0 Å². The van der Waals surface area contributed by atoms with Crippen LogP contribution in [0.2, 0.25) is 0 Å². The van der Waals surface area contributed by atoms with E-state index in [1.807, 2.05) is 0 Å². The minimum atomic E-state index is 0.465. The molecule has 0 aromatic heterocycles. The van der Waals surface area contributed by atoms with Crippen molar-refractivity contribution in [1.82, 2.24) is 0 Å². The molecular weight excluding hydrogens is 252 g/mol. The Balaban J connectivity index is 2.00. The summed E-state index contributed by atoms with van der Waals surface area (Å²) < 4.78 is 0. The first kappa shape index (κ1) is 12.4. The van der Waals surface area contributed by atoms with E-state index in [-0.39, 0.29) is 0 Å². The zero-order valence-corrected chi connectivity index (χ0v) is 12.4. The molecule has 0 amide bonds. The Morgan fingerprint density at radius 3 is 2.29 bits per heavy atom. The van der Waals surface area contributed by atoms with Crippen molar-refractivity contribution in [3.05, 3.63) is 83.4 Å². The van der Waals surface area contributed by atoms with Crippen molar-refractivity contribution < 1.29 is 0 Å². The molecule has 1 aliphatic rings. The van der Waals surface area contributed by atoms with E-state index in [1.165, 1.54) is 38.9 Å². The Hall–Kier alpha value is -2.34. The molecule has 0 spiro atoms. The Morgan fingerprint density at radius 2 is 1.48 bits per heavy atom. The number of hydrogen-bond donors (Lipinski definition) is 0. The zero-order chi connectivity index (χ0) is 14.4. The molecule has 1 aliphatic carbocycles. The van der Waals surface area contributed by atoms with Crippen molar-refractivity contribution in [2.24, 2.45) is 0 Å². The monoisotopic (exact) mass is 270 g/mol. The Labute approximate surface area is 126 Å². The molecule has 0 heteroatoms. The minimum absolute atomic E-state index is 0.465. The van der Waals surface area contributed by atoms with Crippen LogP contribution in [-0.4, -0.2) is 0 Å². The standard InChI is InChI=1S/C21H18/c1-14-11-12-17-15(2)21-18(16-7-4-3-5-8-16)9-6-10-19(21)20(17)13-14/h3-13,15H,1-2H3. The Kier molecular flexibility index (Phi) is 2.71. The normalized spacial score (nSPS) is 15.6. The summed E-state index contributed by atoms with van der Waals surface area (Å²) in [6.45, 7) is 4.50. The first-order valence-corrected chi connectivity index (χ1v) is 7.55. The zero-order valence-electron chi connectivity index (χ0n) is 12.4. The molecule has 0 aliphatic heterocycles. The molecule has 0 radical (unpaired) electrons. The quantitative estimate of drug-likeness (QED) is 0.524. The molecule has 0 saturated heterocycles. The van der Waals surface area contributed by atoms with Gasteiger partial charge in [-0.1, -0.05) is 79.2 Å². The maximum atomic E-state index is 2.33. The van der Waals surface area contributed by atoms with Gasteiger partial charge in [0.1, 0.15) is 0 Å². The molecule has 0 N–H and O–H groups in total. The van der Waals surface area contributed by atoms with E-state index >= 15 is 0 Å². The van der Waals surface area contributed by atoms with Crippen LogP contribution >= 0.6 is 0 Å². The number of fused-ring (bicyclic) bond motifs is 3. The summed E-state index contributed by atoms with van der Waals surface area (Å²) >= 11 is 0. The van der Waals surface area contributed by atoms with E-state index < -0.39 is 0 Å². The van der Waals surface area contributed by atoms with Crippen molar-refractivity contribution >= 4 is 0 Å². The van der Waals surface area contributed by atoms with Crippen LogP contribution in [0.15, 0.2) is 66.7 Å². The summed E-state index contributed by atoms with van der Waals surface area (Å²) in [5, 5.41) is 0. The fourth-order valence-electron chi connectivity index (χ4n) is 3.57. The molecule has 3 aromatic carbocycles. The van der Waals surface area contributed by atoms with Gasteiger partial charge in [-0.3, -0.25) is 0 Å². The number of hydrogen-bond acceptors (Lipinski definition) is 0. The topological polar surface area (TPSA) is 0 Å². The average molecular weight is 270 g/mol. The summed E-state index contributed by atoms with van der Waals surface area (Å²) in [4.78, 5) is 0. The van der Waals surface area contributed by atoms with Crippen LogP contribution in [0, 0.1) is 6.92 Å². The van der Waals surface area contributed by atoms with Gasteiger partial charge in [-0.2, -0.15) is 0 Å². The van der Waals surface area contributed by atoms with Gasteiger partial charge in [0, 0.05) is 5.92 Å². The van der Waals surface area contributed by atoms with E-state index in [0.717, 1.165) is 0 Å². The maximum Gasteiger partial charge on any atom is 0.00794 e. The fourth-order valence-corrected chi connectivity index (χ4v) is 3.57. The molecule has 0 fully saturated rings. The summed E-state index contributed by atoms with van der Waals surface area (Å²) in [6.07, 6.45) is 0. The second kappa shape index (κ2) is 4.60. The maximum absolute atomic E-state index is 2.33. The molecule has 1 unspecified atom stereocenters. The van der Waals surface area contributed by atoms with E-state index in [1.54, 1.807) is 0 Å². The summed E-state index contributed by atoms with van der Waals surface area (Å²) in [5.74, 6) is 0.465. The predicted octanol–water partition coefficient (Wildman–Crippen LogP) is 5.79. The van der Waals surface area contributed by atoms with Crippen molar-refractivity contribution in [1.29, 1.82) is 0 Å². The summed E-state index contributed by atoms with van der Waals surface area (Å²) in [6, 6.07) is 24.3. The lowest BCUT2D eigenvalue weighted by Crippen LogP contribution is -1.93. The van der Waals surface area contributed by atoms with Crippen molar-refractivity contribution in [3.63, 3.8) is 0 Å². The molecule has 4 rings (SSSR count). The van der Waals surface area contributed by atoms with Gasteiger partial charge in [-0.25, -0.2) is 0 Å². The molecule has 21 heavy (non-hydrogen) atoms. The lowest BCUT2D eigenvalue weighted by molar-refractivity contribution is 0.958. The van der Waals surface area contributed by atoms with Crippen molar-refractivity contribution in [3.8, 4) is 22.3 Å². The van der Waals surface area contributed by atoms with Crippen LogP contribution in [0.4, 0.5) is 0 Å². The highest BCUT2D eigenvalue weighted by Gasteiger charge is 2.27. The smallest absolute Gasteiger partial charge is 0.00794 e. The second-order valence-corrected chi connectivity index (χ2v) is 5.95. The highest BCUT2D eigenvalue weighted by Crippen LogP contribution is 2.48. The minimum Gasteiger partial charge on any atom is -0.0622 e.